The summed E-state index contributed by atoms with van der Waals surface area (Å²) in [5, 5.41) is 7.81. The lowest BCUT2D eigenvalue weighted by molar-refractivity contribution is 0.384. The van der Waals surface area contributed by atoms with Gasteiger partial charge in [-0.05, 0) is 47.2 Å². The number of aryl methyl sites for hydroxylation is 1. The Balaban J connectivity index is 1.49. The highest BCUT2D eigenvalue weighted by atomic mass is 19.1. The van der Waals surface area contributed by atoms with Crippen molar-refractivity contribution in [2.24, 2.45) is 7.05 Å². The van der Waals surface area contributed by atoms with E-state index in [1.165, 1.54) is 12.7 Å². The highest BCUT2D eigenvalue weighted by Gasteiger charge is 2.26. The second-order valence-electron chi connectivity index (χ2n) is 6.72. The molecular weight excluding hydrogens is 329 g/mol. The summed E-state index contributed by atoms with van der Waals surface area (Å²) >= 11 is 0. The summed E-state index contributed by atoms with van der Waals surface area (Å²) in [6.07, 6.45) is 5.53. The van der Waals surface area contributed by atoms with Crippen LogP contribution in [0.3, 0.4) is 0 Å². The fourth-order valence-electron chi connectivity index (χ4n) is 3.68. The predicted octanol–water partition coefficient (Wildman–Crippen LogP) is 4.01. The summed E-state index contributed by atoms with van der Waals surface area (Å²) in [6.45, 7) is 0.742. The Morgan fingerprint density at radius 1 is 1.27 bits per heavy atom. The van der Waals surface area contributed by atoms with Crippen molar-refractivity contribution < 1.29 is 9.13 Å². The van der Waals surface area contributed by atoms with Crippen LogP contribution in [0.5, 0.6) is 5.75 Å². The topological polar surface area (TPSA) is 39.1 Å². The van der Waals surface area contributed by atoms with Crippen molar-refractivity contribution in [1.82, 2.24) is 15.1 Å². The molecule has 0 amide bonds. The van der Waals surface area contributed by atoms with Gasteiger partial charge in [0.2, 0.25) is 0 Å². The van der Waals surface area contributed by atoms with Crippen LogP contribution in [-0.4, -0.2) is 16.9 Å². The van der Waals surface area contributed by atoms with E-state index in [1.807, 2.05) is 25.5 Å². The molecular formula is C21H22FN3O. The third kappa shape index (κ3) is 3.10. The minimum Gasteiger partial charge on any atom is -0.494 e. The summed E-state index contributed by atoms with van der Waals surface area (Å²) in [7, 11) is 3.42. The first kappa shape index (κ1) is 16.8. The zero-order valence-corrected chi connectivity index (χ0v) is 15.0. The maximum absolute atomic E-state index is 14.4. The maximum atomic E-state index is 14.4. The van der Waals surface area contributed by atoms with E-state index in [9.17, 15) is 4.39 Å². The molecule has 3 aromatic rings. The fourth-order valence-corrected chi connectivity index (χ4v) is 3.68. The average Bonchev–Trinajstić information content (AvgIpc) is 3.27. The number of hydrogen-bond donors (Lipinski definition) is 1. The highest BCUT2D eigenvalue weighted by Crippen LogP contribution is 2.36. The molecule has 0 saturated carbocycles. The molecule has 4 rings (SSSR count). The van der Waals surface area contributed by atoms with E-state index in [4.69, 9.17) is 4.74 Å². The van der Waals surface area contributed by atoms with Crippen molar-refractivity contribution >= 4 is 0 Å². The summed E-state index contributed by atoms with van der Waals surface area (Å²) in [5.74, 6) is 0.112. The summed E-state index contributed by atoms with van der Waals surface area (Å²) < 4.78 is 21.3. The molecule has 2 aromatic carbocycles. The number of aromatic nitrogens is 2. The lowest BCUT2D eigenvalue weighted by atomic mass is 10.0. The van der Waals surface area contributed by atoms with Crippen LogP contribution in [-0.2, 0) is 20.0 Å². The number of halogens is 1. The van der Waals surface area contributed by atoms with E-state index >= 15 is 0 Å². The minimum atomic E-state index is -0.215. The van der Waals surface area contributed by atoms with E-state index in [-0.39, 0.29) is 11.9 Å². The second kappa shape index (κ2) is 6.92. The normalized spacial score (nSPS) is 15.9. The van der Waals surface area contributed by atoms with Crippen LogP contribution in [0.4, 0.5) is 4.39 Å². The highest BCUT2D eigenvalue weighted by molar-refractivity contribution is 5.62. The van der Waals surface area contributed by atoms with Gasteiger partial charge in [0, 0.05) is 31.4 Å². The Bertz CT molecular complexity index is 935. The average molecular weight is 351 g/mol. The van der Waals surface area contributed by atoms with Gasteiger partial charge < -0.3 is 10.1 Å². The summed E-state index contributed by atoms with van der Waals surface area (Å²) in [6, 6.07) is 12.3. The van der Waals surface area contributed by atoms with Gasteiger partial charge in [0.25, 0.3) is 0 Å². The van der Waals surface area contributed by atoms with Gasteiger partial charge in [-0.1, -0.05) is 24.3 Å². The van der Waals surface area contributed by atoms with Crippen LogP contribution in [0, 0.1) is 5.82 Å². The summed E-state index contributed by atoms with van der Waals surface area (Å²) in [4.78, 5) is 0. The smallest absolute Gasteiger partial charge is 0.168 e. The largest absolute Gasteiger partial charge is 0.494 e. The Hall–Kier alpha value is -2.66. The summed E-state index contributed by atoms with van der Waals surface area (Å²) in [5.41, 5.74) is 5.29. The van der Waals surface area contributed by atoms with Crippen molar-refractivity contribution in [3.8, 4) is 16.9 Å². The van der Waals surface area contributed by atoms with Crippen molar-refractivity contribution in [3.05, 3.63) is 71.3 Å². The van der Waals surface area contributed by atoms with E-state index in [0.717, 1.165) is 41.6 Å². The zero-order chi connectivity index (χ0) is 18.1. The van der Waals surface area contributed by atoms with Gasteiger partial charge in [0.15, 0.2) is 11.6 Å². The first-order valence-corrected chi connectivity index (χ1v) is 8.82. The molecule has 134 valence electrons. The van der Waals surface area contributed by atoms with E-state index in [1.54, 1.807) is 10.7 Å². The van der Waals surface area contributed by atoms with Gasteiger partial charge in [-0.15, -0.1) is 0 Å². The molecule has 1 N–H and O–H groups in total. The number of rotatable bonds is 5. The lowest BCUT2D eigenvalue weighted by Crippen LogP contribution is -2.18. The molecule has 1 aliphatic carbocycles. The van der Waals surface area contributed by atoms with Gasteiger partial charge in [-0.2, -0.15) is 5.10 Å². The number of ether oxygens (including phenoxy) is 1. The minimum absolute atomic E-state index is 0.174. The van der Waals surface area contributed by atoms with E-state index in [2.05, 4.69) is 34.7 Å². The van der Waals surface area contributed by atoms with E-state index in [0.29, 0.717) is 5.75 Å². The van der Waals surface area contributed by atoms with Gasteiger partial charge >= 0.3 is 0 Å². The number of fused-ring (bicyclic) bond motifs is 1. The van der Waals surface area contributed by atoms with Crippen molar-refractivity contribution in [3.63, 3.8) is 0 Å². The number of methoxy groups -OCH3 is 1. The van der Waals surface area contributed by atoms with Gasteiger partial charge in [0.05, 0.1) is 13.3 Å². The molecule has 0 bridgehead atoms. The molecule has 4 nitrogen and oxygen atoms in total. The standard InChI is InChI=1S/C21H22FN3O/c1-25-13-16(12-24-25)15-5-3-4-14(10-15)11-23-19-8-6-18-17(19)7-9-20(26-2)21(18)22/h3-5,7,9-10,12-13,19,23H,6,8,11H2,1-2H3. The van der Waals surface area contributed by atoms with Gasteiger partial charge in [-0.3, -0.25) is 4.68 Å². The number of benzene rings is 2. The Labute approximate surface area is 152 Å². The third-order valence-corrected chi connectivity index (χ3v) is 5.04. The molecule has 0 fully saturated rings. The molecule has 1 aliphatic rings. The molecule has 0 radical (unpaired) electrons. The maximum Gasteiger partial charge on any atom is 0.168 e. The van der Waals surface area contributed by atoms with Crippen LogP contribution >= 0.6 is 0 Å². The fraction of sp³-hybridized carbons (Fsp3) is 0.286. The first-order valence-electron chi connectivity index (χ1n) is 8.82. The molecule has 26 heavy (non-hydrogen) atoms. The van der Waals surface area contributed by atoms with Gasteiger partial charge in [0.1, 0.15) is 0 Å². The van der Waals surface area contributed by atoms with Crippen molar-refractivity contribution in [2.75, 3.05) is 7.11 Å². The molecule has 1 heterocycles. The molecule has 1 atom stereocenters. The van der Waals surface area contributed by atoms with Crippen molar-refractivity contribution in [2.45, 2.75) is 25.4 Å². The SMILES string of the molecule is COc1ccc2c(c1F)CCC2NCc1cccc(-c2cnn(C)c2)c1. The van der Waals surface area contributed by atoms with E-state index < -0.39 is 0 Å². The number of nitrogens with zero attached hydrogens (tertiary/aromatic N) is 2. The predicted molar refractivity (Wildman–Crippen MR) is 99.5 cm³/mol. The molecule has 1 unspecified atom stereocenters. The lowest BCUT2D eigenvalue weighted by Gasteiger charge is -2.15. The monoisotopic (exact) mass is 351 g/mol. The third-order valence-electron chi connectivity index (χ3n) is 5.04. The number of nitrogens with one attached hydrogen (secondary N) is 1. The Morgan fingerprint density at radius 2 is 2.15 bits per heavy atom. The molecule has 5 heteroatoms. The molecule has 0 aliphatic heterocycles. The van der Waals surface area contributed by atoms with Gasteiger partial charge in [-0.25, -0.2) is 4.39 Å². The van der Waals surface area contributed by atoms with Crippen LogP contribution in [0.15, 0.2) is 48.8 Å². The quantitative estimate of drug-likeness (QED) is 0.755. The molecule has 0 spiro atoms. The van der Waals surface area contributed by atoms with Crippen molar-refractivity contribution in [1.29, 1.82) is 0 Å². The number of hydrogen-bond acceptors (Lipinski definition) is 3. The first-order chi connectivity index (χ1) is 12.7. The second-order valence-corrected chi connectivity index (χ2v) is 6.72. The Morgan fingerprint density at radius 3 is 2.92 bits per heavy atom. The zero-order valence-electron chi connectivity index (χ0n) is 15.0. The van der Waals surface area contributed by atoms with Crippen LogP contribution in [0.1, 0.15) is 29.2 Å². The van der Waals surface area contributed by atoms with Crippen LogP contribution in [0.25, 0.3) is 11.1 Å². The van der Waals surface area contributed by atoms with Crippen LogP contribution < -0.4 is 10.1 Å². The molecule has 1 aromatic heterocycles. The Kier molecular flexibility index (Phi) is 4.47. The molecule has 0 saturated heterocycles. The van der Waals surface area contributed by atoms with Crippen LogP contribution in [0.2, 0.25) is 0 Å².